The molecule has 4 rings (SSSR count). The smallest absolute Gasteiger partial charge is 0.309 e. The molecule has 0 aliphatic heterocycles. The van der Waals surface area contributed by atoms with Crippen LogP contribution in [0.15, 0.2) is 78.9 Å². The summed E-state index contributed by atoms with van der Waals surface area (Å²) < 4.78 is 16.6. The number of ether oxygens (including phenoxy) is 3. The highest BCUT2D eigenvalue weighted by Gasteiger charge is 2.44. The summed E-state index contributed by atoms with van der Waals surface area (Å²) in [5, 5.41) is 0. The lowest BCUT2D eigenvalue weighted by Gasteiger charge is -2.10. The molecule has 2 atom stereocenters. The van der Waals surface area contributed by atoms with Crippen molar-refractivity contribution in [1.82, 2.24) is 0 Å². The molecule has 0 bridgehead atoms. The Morgan fingerprint density at radius 1 is 0.893 bits per heavy atom. The first-order valence-corrected chi connectivity index (χ1v) is 9.35. The Morgan fingerprint density at radius 2 is 1.64 bits per heavy atom. The van der Waals surface area contributed by atoms with E-state index >= 15 is 0 Å². The summed E-state index contributed by atoms with van der Waals surface area (Å²) in [6.45, 7) is 0.458. The van der Waals surface area contributed by atoms with Crippen LogP contribution in [-0.2, 0) is 16.1 Å². The van der Waals surface area contributed by atoms with Crippen LogP contribution in [0, 0.1) is 5.92 Å². The van der Waals surface area contributed by atoms with Crippen LogP contribution in [0.5, 0.6) is 17.2 Å². The van der Waals surface area contributed by atoms with Crippen molar-refractivity contribution in [3.63, 3.8) is 0 Å². The van der Waals surface area contributed by atoms with Crippen molar-refractivity contribution in [1.29, 1.82) is 0 Å². The Balaban J connectivity index is 1.33. The van der Waals surface area contributed by atoms with Crippen molar-refractivity contribution < 1.29 is 19.0 Å². The Kier molecular flexibility index (Phi) is 5.29. The van der Waals surface area contributed by atoms with E-state index in [1.165, 1.54) is 7.11 Å². The number of para-hydroxylation sites is 1. The van der Waals surface area contributed by atoms with Crippen LogP contribution >= 0.6 is 0 Å². The van der Waals surface area contributed by atoms with E-state index in [2.05, 4.69) is 0 Å². The zero-order valence-corrected chi connectivity index (χ0v) is 15.7. The number of esters is 1. The van der Waals surface area contributed by atoms with Crippen LogP contribution in [0.4, 0.5) is 0 Å². The number of rotatable bonds is 7. The lowest BCUT2D eigenvalue weighted by atomic mass is 10.1. The molecule has 0 saturated heterocycles. The van der Waals surface area contributed by atoms with Crippen molar-refractivity contribution in [2.24, 2.45) is 5.92 Å². The normalized spacial score (nSPS) is 17.6. The molecule has 1 aliphatic rings. The van der Waals surface area contributed by atoms with Crippen LogP contribution in [-0.4, -0.2) is 13.1 Å². The number of hydrogen-bond acceptors (Lipinski definition) is 4. The molecule has 28 heavy (non-hydrogen) atoms. The molecule has 1 fully saturated rings. The van der Waals surface area contributed by atoms with Crippen LogP contribution in [0.1, 0.15) is 23.5 Å². The zero-order valence-electron chi connectivity index (χ0n) is 15.7. The minimum atomic E-state index is -0.122. The molecule has 2 unspecified atom stereocenters. The number of benzene rings is 3. The average molecular weight is 374 g/mol. The topological polar surface area (TPSA) is 44.8 Å². The van der Waals surface area contributed by atoms with Crippen molar-refractivity contribution in [2.45, 2.75) is 18.9 Å². The third kappa shape index (κ3) is 4.34. The van der Waals surface area contributed by atoms with Gasteiger partial charge in [0.2, 0.25) is 0 Å². The van der Waals surface area contributed by atoms with Crippen LogP contribution in [0.3, 0.4) is 0 Å². The summed E-state index contributed by atoms with van der Waals surface area (Å²) in [5.74, 6) is 2.54. The van der Waals surface area contributed by atoms with Gasteiger partial charge in [-0.15, -0.1) is 0 Å². The van der Waals surface area contributed by atoms with Gasteiger partial charge >= 0.3 is 5.97 Å². The molecule has 0 heterocycles. The molecular formula is C24H22O4. The lowest BCUT2D eigenvalue weighted by molar-refractivity contribution is -0.142. The van der Waals surface area contributed by atoms with Gasteiger partial charge in [0, 0.05) is 0 Å². The van der Waals surface area contributed by atoms with Gasteiger partial charge < -0.3 is 14.2 Å². The number of methoxy groups -OCH3 is 1. The number of carbonyl (C=O) groups is 1. The molecule has 0 spiro atoms. The Labute approximate surface area is 164 Å². The second-order valence-electron chi connectivity index (χ2n) is 6.89. The quantitative estimate of drug-likeness (QED) is 0.524. The second kappa shape index (κ2) is 8.17. The van der Waals surface area contributed by atoms with E-state index in [9.17, 15) is 4.79 Å². The molecule has 4 nitrogen and oxygen atoms in total. The van der Waals surface area contributed by atoms with Gasteiger partial charge in [-0.1, -0.05) is 42.5 Å². The van der Waals surface area contributed by atoms with Gasteiger partial charge in [0.15, 0.2) is 0 Å². The van der Waals surface area contributed by atoms with Gasteiger partial charge in [-0.3, -0.25) is 4.79 Å². The zero-order chi connectivity index (χ0) is 19.3. The van der Waals surface area contributed by atoms with Crippen molar-refractivity contribution in [2.75, 3.05) is 7.11 Å². The largest absolute Gasteiger partial charge is 0.489 e. The fourth-order valence-corrected chi connectivity index (χ4v) is 3.28. The average Bonchev–Trinajstić information content (AvgIpc) is 3.54. The van der Waals surface area contributed by atoms with Gasteiger partial charge in [0.1, 0.15) is 23.9 Å². The number of hydrogen-bond donors (Lipinski definition) is 0. The van der Waals surface area contributed by atoms with Crippen LogP contribution < -0.4 is 9.47 Å². The third-order valence-electron chi connectivity index (χ3n) is 4.89. The van der Waals surface area contributed by atoms with E-state index in [0.29, 0.717) is 6.61 Å². The van der Waals surface area contributed by atoms with Crippen molar-refractivity contribution in [3.8, 4) is 17.2 Å². The SMILES string of the molecule is COC(=O)C1CC1c1ccc(OCc2cccc(Oc3ccccc3)c2)cc1. The van der Waals surface area contributed by atoms with Gasteiger partial charge in [-0.05, 0) is 59.9 Å². The molecule has 3 aromatic carbocycles. The highest BCUT2D eigenvalue weighted by atomic mass is 16.5. The summed E-state index contributed by atoms with van der Waals surface area (Å²) in [4.78, 5) is 11.6. The van der Waals surface area contributed by atoms with Gasteiger partial charge in [-0.25, -0.2) is 0 Å². The number of carbonyl (C=O) groups excluding carboxylic acids is 1. The predicted molar refractivity (Wildman–Crippen MR) is 107 cm³/mol. The molecule has 0 N–H and O–H groups in total. The Bertz CT molecular complexity index is 934. The molecule has 1 aliphatic carbocycles. The fourth-order valence-electron chi connectivity index (χ4n) is 3.28. The molecule has 0 aromatic heterocycles. The van der Waals surface area contributed by atoms with Crippen molar-refractivity contribution >= 4 is 5.97 Å². The summed E-state index contributed by atoms with van der Waals surface area (Å²) in [7, 11) is 1.44. The third-order valence-corrected chi connectivity index (χ3v) is 4.89. The van der Waals surface area contributed by atoms with Crippen molar-refractivity contribution in [3.05, 3.63) is 90.0 Å². The van der Waals surface area contributed by atoms with E-state index in [4.69, 9.17) is 14.2 Å². The highest BCUT2D eigenvalue weighted by Crippen LogP contribution is 2.48. The minimum absolute atomic E-state index is 0.00382. The maximum atomic E-state index is 11.6. The maximum Gasteiger partial charge on any atom is 0.309 e. The van der Waals surface area contributed by atoms with Gasteiger partial charge in [-0.2, -0.15) is 0 Å². The standard InChI is InChI=1S/C24H22O4/c1-26-24(25)23-15-22(23)18-10-12-19(13-11-18)27-16-17-6-5-9-21(14-17)28-20-7-3-2-4-8-20/h2-14,22-23H,15-16H2,1H3. The molecule has 4 heteroatoms. The van der Waals surface area contributed by atoms with E-state index in [0.717, 1.165) is 34.8 Å². The molecular weight excluding hydrogens is 352 g/mol. The fraction of sp³-hybridized carbons (Fsp3) is 0.208. The first kappa shape index (κ1) is 18.1. The van der Waals surface area contributed by atoms with Gasteiger partial charge in [0.25, 0.3) is 0 Å². The molecule has 142 valence electrons. The highest BCUT2D eigenvalue weighted by molar-refractivity contribution is 5.77. The monoisotopic (exact) mass is 374 g/mol. The summed E-state index contributed by atoms with van der Waals surface area (Å²) in [5.41, 5.74) is 2.19. The lowest BCUT2D eigenvalue weighted by Crippen LogP contribution is -2.03. The minimum Gasteiger partial charge on any atom is -0.489 e. The van der Waals surface area contributed by atoms with E-state index in [1.807, 2.05) is 78.9 Å². The van der Waals surface area contributed by atoms with E-state index < -0.39 is 0 Å². The first-order valence-electron chi connectivity index (χ1n) is 9.35. The summed E-state index contributed by atoms with van der Waals surface area (Å²) in [6, 6.07) is 25.5. The summed E-state index contributed by atoms with van der Waals surface area (Å²) in [6.07, 6.45) is 0.862. The van der Waals surface area contributed by atoms with E-state index in [1.54, 1.807) is 0 Å². The van der Waals surface area contributed by atoms with Crippen LogP contribution in [0.2, 0.25) is 0 Å². The predicted octanol–water partition coefficient (Wildman–Crippen LogP) is 5.33. The molecule has 1 saturated carbocycles. The van der Waals surface area contributed by atoms with Gasteiger partial charge in [0.05, 0.1) is 13.0 Å². The molecule has 0 radical (unpaired) electrons. The molecule has 3 aromatic rings. The Hall–Kier alpha value is -3.27. The summed E-state index contributed by atoms with van der Waals surface area (Å²) >= 11 is 0. The maximum absolute atomic E-state index is 11.6. The first-order chi connectivity index (χ1) is 13.7. The van der Waals surface area contributed by atoms with Crippen LogP contribution in [0.25, 0.3) is 0 Å². The Morgan fingerprint density at radius 3 is 2.39 bits per heavy atom. The second-order valence-corrected chi connectivity index (χ2v) is 6.89. The van der Waals surface area contributed by atoms with E-state index in [-0.39, 0.29) is 17.8 Å². The molecule has 0 amide bonds.